The van der Waals surface area contributed by atoms with Gasteiger partial charge in [-0.3, -0.25) is 33.7 Å². The van der Waals surface area contributed by atoms with Crippen LogP contribution in [-0.2, 0) is 70.1 Å². The molecule has 388 valence electrons. The number of esters is 1. The Kier molecular flexibility index (Phi) is 16.5. The van der Waals surface area contributed by atoms with Gasteiger partial charge in [-0.2, -0.15) is 0 Å². The Labute approximate surface area is 419 Å². The summed E-state index contributed by atoms with van der Waals surface area (Å²) in [6.45, 7) is 6.57. The molecule has 73 heavy (non-hydrogen) atoms. The molecule has 0 spiro atoms. The highest BCUT2D eigenvalue weighted by Gasteiger charge is 2.45. The van der Waals surface area contributed by atoms with Gasteiger partial charge < -0.3 is 51.5 Å². The van der Waals surface area contributed by atoms with Crippen LogP contribution in [0.25, 0.3) is 22.3 Å². The van der Waals surface area contributed by atoms with Crippen molar-refractivity contribution < 1.29 is 57.3 Å². The van der Waals surface area contributed by atoms with Crippen molar-refractivity contribution in [3.8, 4) is 11.4 Å². The largest absolute Gasteiger partial charge is 0.458 e. The Morgan fingerprint density at radius 2 is 1.66 bits per heavy atom. The molecule has 21 nitrogen and oxygen atoms in total. The highest BCUT2D eigenvalue weighted by atomic mass is 19.1. The number of nitrogens with zero attached hydrogens (tertiary/aromatic N) is 3. The Morgan fingerprint density at radius 1 is 0.932 bits per heavy atom. The number of unbranched alkanes of at least 4 members (excludes halogenated alkanes) is 2. The number of carbonyl (C=O) groups is 8. The molecule has 0 saturated carbocycles. The second kappa shape index (κ2) is 22.8. The van der Waals surface area contributed by atoms with Gasteiger partial charge in [-0.15, -0.1) is 0 Å². The van der Waals surface area contributed by atoms with E-state index in [1.807, 2.05) is 0 Å². The van der Waals surface area contributed by atoms with E-state index >= 15 is 0 Å². The SMILES string of the molecule is CC[C@@]1(O)C(=O)OCc2c1cc1n(c2=O)Cc2c-1nc1cc(F)c(C)cc1c2CNC(=O)OCc1ccc(NC(=O)[C@H](CCCNC(N)=O)NC(=O)[C@@H](NC(=O)CCCCCN2C(=O)CCC2=O)C(C)C)cc1. The van der Waals surface area contributed by atoms with Crippen molar-refractivity contribution in [2.24, 2.45) is 11.7 Å². The number of likely N-dealkylation sites (tertiary alicyclic amines) is 1. The number of anilines is 1. The zero-order valence-corrected chi connectivity index (χ0v) is 41.1. The van der Waals surface area contributed by atoms with Crippen LogP contribution in [0.3, 0.4) is 0 Å². The minimum atomic E-state index is -2.05. The maximum absolute atomic E-state index is 15.0. The van der Waals surface area contributed by atoms with Crippen LogP contribution < -0.4 is 37.9 Å². The van der Waals surface area contributed by atoms with E-state index in [-0.39, 0.29) is 112 Å². The van der Waals surface area contributed by atoms with Crippen LogP contribution in [0.4, 0.5) is 19.7 Å². The van der Waals surface area contributed by atoms with Gasteiger partial charge in [0.25, 0.3) is 5.56 Å². The molecule has 0 unspecified atom stereocenters. The number of cyclic esters (lactones) is 1. The molecule has 5 heterocycles. The van der Waals surface area contributed by atoms with E-state index in [9.17, 15) is 52.6 Å². The number of halogens is 1. The molecule has 1 fully saturated rings. The fraction of sp³-hybridized carbons (Fsp3) is 0.451. The van der Waals surface area contributed by atoms with Gasteiger partial charge >= 0.3 is 18.1 Å². The molecule has 3 atom stereocenters. The van der Waals surface area contributed by atoms with Crippen molar-refractivity contribution in [3.63, 3.8) is 0 Å². The predicted molar refractivity (Wildman–Crippen MR) is 261 cm³/mol. The second-order valence-corrected chi connectivity index (χ2v) is 18.8. The standard InChI is InChI=1S/C51H60FN9O12/c1-5-51(71)35-21-39-44-33(24-61(39)47(67)34(35)26-72-48(51)68)32(31-20-28(4)36(52)22-38(31)57-44)23-55-50(70)73-25-29-12-14-30(15-13-29)56-45(65)37(10-9-18-54-49(53)69)58-46(66)43(27(2)3)59-40(62)11-7-6-8-19-60-41(63)16-17-42(60)64/h12-15,20-22,27,37,43,71H,5-11,16-19,23-26H2,1-4H3,(H,55,70)(H,56,65)(H,58,66)(H,59,62)(H3,53,54,69)/t37-,43-,51-/m0/s1. The lowest BCUT2D eigenvalue weighted by atomic mass is 9.86. The highest BCUT2D eigenvalue weighted by molar-refractivity contribution is 6.02. The Bertz CT molecular complexity index is 2910. The number of amides is 8. The number of carbonyl (C=O) groups excluding carboxylic acids is 8. The number of pyridine rings is 2. The summed E-state index contributed by atoms with van der Waals surface area (Å²) in [7, 11) is 0. The van der Waals surface area contributed by atoms with Crippen molar-refractivity contribution in [1.29, 1.82) is 0 Å². The second-order valence-electron chi connectivity index (χ2n) is 18.8. The summed E-state index contributed by atoms with van der Waals surface area (Å²) < 4.78 is 27.1. The molecule has 4 aromatic rings. The Balaban J connectivity index is 0.959. The van der Waals surface area contributed by atoms with Gasteiger partial charge in [-0.1, -0.05) is 39.3 Å². The molecule has 0 aliphatic carbocycles. The van der Waals surface area contributed by atoms with Crippen LogP contribution in [0.5, 0.6) is 0 Å². The van der Waals surface area contributed by atoms with Crippen LogP contribution in [0.15, 0.2) is 47.3 Å². The number of nitrogens with one attached hydrogen (secondary N) is 5. The monoisotopic (exact) mass is 1010 g/mol. The zero-order valence-electron chi connectivity index (χ0n) is 41.1. The third-order valence-corrected chi connectivity index (χ3v) is 13.4. The summed E-state index contributed by atoms with van der Waals surface area (Å²) in [5.74, 6) is -3.66. The van der Waals surface area contributed by atoms with E-state index in [0.717, 1.165) is 0 Å². The lowest BCUT2D eigenvalue weighted by Gasteiger charge is -2.31. The number of imide groups is 1. The number of alkyl carbamates (subject to hydrolysis) is 1. The third-order valence-electron chi connectivity index (χ3n) is 13.4. The molecule has 2 aromatic heterocycles. The highest BCUT2D eigenvalue weighted by Crippen LogP contribution is 2.40. The van der Waals surface area contributed by atoms with Crippen LogP contribution in [0.2, 0.25) is 0 Å². The number of hydrogen-bond donors (Lipinski definition) is 7. The minimum Gasteiger partial charge on any atom is -0.458 e. The first-order chi connectivity index (χ1) is 34.8. The average Bonchev–Trinajstić information content (AvgIpc) is 3.89. The van der Waals surface area contributed by atoms with E-state index < -0.39 is 59.0 Å². The molecular weight excluding hydrogens is 950 g/mol. The number of hydrogen-bond acceptors (Lipinski definition) is 13. The number of nitrogens with two attached hydrogens (primary N) is 1. The first kappa shape index (κ1) is 53.1. The van der Waals surface area contributed by atoms with Crippen molar-refractivity contribution in [2.45, 2.75) is 129 Å². The average molecular weight is 1010 g/mol. The number of aryl methyl sites for hydroxylation is 1. The number of aromatic nitrogens is 2. The fourth-order valence-electron chi connectivity index (χ4n) is 9.20. The first-order valence-electron chi connectivity index (χ1n) is 24.3. The predicted octanol–water partition coefficient (Wildman–Crippen LogP) is 3.68. The molecule has 8 amide bonds. The van der Waals surface area contributed by atoms with E-state index in [0.29, 0.717) is 70.5 Å². The maximum atomic E-state index is 15.0. The van der Waals surface area contributed by atoms with Crippen molar-refractivity contribution >= 4 is 64.2 Å². The summed E-state index contributed by atoms with van der Waals surface area (Å²) in [4.78, 5) is 121. The van der Waals surface area contributed by atoms with Gasteiger partial charge in [-0.05, 0) is 85.9 Å². The number of rotatable bonds is 21. The van der Waals surface area contributed by atoms with Crippen molar-refractivity contribution in [3.05, 3.63) is 92.0 Å². The molecule has 22 heteroatoms. The summed E-state index contributed by atoms with van der Waals surface area (Å²) in [6, 6.07) is 8.00. The smallest absolute Gasteiger partial charge is 0.407 e. The number of aliphatic hydroxyl groups is 1. The normalized spacial score (nSPS) is 16.5. The van der Waals surface area contributed by atoms with Gasteiger partial charge in [0.1, 0.15) is 31.1 Å². The molecular formula is C51H60FN9O12. The summed E-state index contributed by atoms with van der Waals surface area (Å²) in [5.41, 5.74) is 6.22. The zero-order chi connectivity index (χ0) is 52.7. The fourth-order valence-corrected chi connectivity index (χ4v) is 9.20. The maximum Gasteiger partial charge on any atom is 0.407 e. The van der Waals surface area contributed by atoms with Crippen LogP contribution >= 0.6 is 0 Å². The van der Waals surface area contributed by atoms with Gasteiger partial charge in [0.15, 0.2) is 5.60 Å². The van der Waals surface area contributed by atoms with Crippen LogP contribution in [0.1, 0.15) is 112 Å². The lowest BCUT2D eigenvalue weighted by molar-refractivity contribution is -0.172. The number of benzene rings is 2. The Morgan fingerprint density at radius 3 is 2.34 bits per heavy atom. The molecule has 0 bridgehead atoms. The summed E-state index contributed by atoms with van der Waals surface area (Å²) in [5, 5.41) is 25.3. The van der Waals surface area contributed by atoms with Crippen LogP contribution in [0, 0.1) is 18.7 Å². The van der Waals surface area contributed by atoms with Crippen molar-refractivity contribution in [1.82, 2.24) is 35.7 Å². The van der Waals surface area contributed by atoms with Gasteiger partial charge in [0.2, 0.25) is 29.5 Å². The molecule has 0 radical (unpaired) electrons. The molecule has 8 N–H and O–H groups in total. The van der Waals surface area contributed by atoms with Gasteiger partial charge in [0.05, 0.1) is 29.0 Å². The molecule has 1 saturated heterocycles. The lowest BCUT2D eigenvalue weighted by Crippen LogP contribution is -2.54. The van der Waals surface area contributed by atoms with Crippen LogP contribution in [-0.4, -0.2) is 92.4 Å². The molecule has 3 aliphatic rings. The topological polar surface area (TPSA) is 300 Å². The number of ether oxygens (including phenoxy) is 2. The number of fused-ring (bicyclic) bond motifs is 5. The third kappa shape index (κ3) is 12.0. The minimum absolute atomic E-state index is 0.0402. The molecule has 7 rings (SSSR count). The number of primary amides is 1. The molecule has 2 aromatic carbocycles. The summed E-state index contributed by atoms with van der Waals surface area (Å²) in [6.07, 6.45) is 1.68. The first-order valence-corrected chi connectivity index (χ1v) is 24.3. The Hall–Kier alpha value is -7.75. The van der Waals surface area contributed by atoms with E-state index in [4.69, 9.17) is 20.2 Å². The van der Waals surface area contributed by atoms with Gasteiger partial charge in [-0.25, -0.2) is 23.8 Å². The number of urea groups is 1. The van der Waals surface area contributed by atoms with E-state index in [2.05, 4.69) is 26.6 Å². The molecule has 3 aliphatic heterocycles. The van der Waals surface area contributed by atoms with Crippen molar-refractivity contribution in [2.75, 3.05) is 18.4 Å². The van der Waals surface area contributed by atoms with E-state index in [1.165, 1.54) is 15.5 Å². The van der Waals surface area contributed by atoms with E-state index in [1.54, 1.807) is 64.1 Å². The summed E-state index contributed by atoms with van der Waals surface area (Å²) >= 11 is 0. The quantitative estimate of drug-likeness (QED) is 0.0314. The van der Waals surface area contributed by atoms with Gasteiger partial charge in [0, 0.05) is 67.2 Å².